The Morgan fingerprint density at radius 2 is 1.54 bits per heavy atom. The lowest BCUT2D eigenvalue weighted by Crippen LogP contribution is -2.13. The molecule has 0 aliphatic carbocycles. The maximum absolute atomic E-state index is 10.5. The average molecular weight is 382 g/mol. The van der Waals surface area contributed by atoms with Gasteiger partial charge in [-0.1, -0.05) is 0 Å². The third-order valence-electron chi connectivity index (χ3n) is 4.98. The average Bonchev–Trinajstić information content (AvgIpc) is 3.22. The first-order chi connectivity index (χ1) is 13.4. The van der Waals surface area contributed by atoms with Crippen molar-refractivity contribution in [1.82, 2.24) is 9.97 Å². The van der Waals surface area contributed by atoms with Crippen molar-refractivity contribution in [3.63, 3.8) is 0 Å². The molecule has 146 valence electrons. The van der Waals surface area contributed by atoms with Crippen LogP contribution in [0.1, 0.15) is 23.0 Å². The number of aromatic nitrogens is 2. The number of hydrogen-bond acceptors (Lipinski definition) is 6. The van der Waals surface area contributed by atoms with E-state index in [-0.39, 0.29) is 23.0 Å². The molecule has 4 rings (SSSR count). The molecule has 8 nitrogen and oxygen atoms in total. The molecule has 1 atom stereocenters. The van der Waals surface area contributed by atoms with E-state index in [0.717, 1.165) is 16.8 Å². The van der Waals surface area contributed by atoms with Crippen molar-refractivity contribution >= 4 is 21.8 Å². The lowest BCUT2D eigenvalue weighted by Gasteiger charge is -2.14. The fraction of sp³-hybridized carbons (Fsp3) is 0.200. The van der Waals surface area contributed by atoms with Crippen molar-refractivity contribution in [3.05, 3.63) is 47.3 Å². The molecule has 10 N–H and O–H groups in total. The second kappa shape index (κ2) is 6.66. The number of aromatic hydroxyl groups is 4. The molecule has 2 aromatic carbocycles. The molecule has 8 heteroatoms. The zero-order valence-corrected chi connectivity index (χ0v) is 15.0. The van der Waals surface area contributed by atoms with Crippen molar-refractivity contribution < 1.29 is 20.4 Å². The number of H-pyrrole nitrogens is 2. The van der Waals surface area contributed by atoms with Gasteiger partial charge in [-0.3, -0.25) is 0 Å². The highest BCUT2D eigenvalue weighted by molar-refractivity contribution is 5.90. The molecule has 2 aromatic heterocycles. The molecule has 0 fully saturated rings. The van der Waals surface area contributed by atoms with E-state index in [1.165, 1.54) is 12.1 Å². The molecule has 0 aliphatic rings. The number of benzene rings is 2. The summed E-state index contributed by atoms with van der Waals surface area (Å²) < 4.78 is 0. The van der Waals surface area contributed by atoms with E-state index in [4.69, 9.17) is 11.5 Å². The zero-order chi connectivity index (χ0) is 20.0. The van der Waals surface area contributed by atoms with E-state index < -0.39 is 6.04 Å². The Morgan fingerprint density at radius 1 is 0.821 bits per heavy atom. The van der Waals surface area contributed by atoms with Crippen molar-refractivity contribution in [2.24, 2.45) is 11.5 Å². The molecular formula is C20H22N4O4. The molecule has 0 spiro atoms. The van der Waals surface area contributed by atoms with E-state index in [1.807, 2.05) is 6.07 Å². The van der Waals surface area contributed by atoms with Gasteiger partial charge in [-0.2, -0.15) is 0 Å². The largest absolute Gasteiger partial charge is 0.504 e. The van der Waals surface area contributed by atoms with Gasteiger partial charge in [0, 0.05) is 57.3 Å². The highest BCUT2D eigenvalue weighted by Gasteiger charge is 2.20. The van der Waals surface area contributed by atoms with E-state index in [0.29, 0.717) is 41.4 Å². The summed E-state index contributed by atoms with van der Waals surface area (Å²) in [6, 6.07) is 7.62. The van der Waals surface area contributed by atoms with Gasteiger partial charge in [0.15, 0.2) is 23.0 Å². The zero-order valence-electron chi connectivity index (χ0n) is 15.0. The van der Waals surface area contributed by atoms with Crippen LogP contribution in [0.2, 0.25) is 0 Å². The van der Waals surface area contributed by atoms with Crippen molar-refractivity contribution in [2.45, 2.75) is 18.9 Å². The van der Waals surface area contributed by atoms with Crippen molar-refractivity contribution in [1.29, 1.82) is 0 Å². The summed E-state index contributed by atoms with van der Waals surface area (Å²) >= 11 is 0. The molecule has 0 saturated heterocycles. The van der Waals surface area contributed by atoms with Crippen LogP contribution in [-0.2, 0) is 12.8 Å². The predicted molar refractivity (Wildman–Crippen MR) is 107 cm³/mol. The summed E-state index contributed by atoms with van der Waals surface area (Å²) in [7, 11) is 0. The Labute approximate surface area is 160 Å². The van der Waals surface area contributed by atoms with Gasteiger partial charge in [0.1, 0.15) is 0 Å². The minimum Gasteiger partial charge on any atom is -0.504 e. The summed E-state index contributed by atoms with van der Waals surface area (Å²) in [5, 5.41) is 41.4. The molecule has 2 heterocycles. The van der Waals surface area contributed by atoms with E-state index in [1.54, 1.807) is 12.1 Å². The highest BCUT2D eigenvalue weighted by atomic mass is 16.3. The number of nitrogens with two attached hydrogens (primary N) is 2. The quantitative estimate of drug-likeness (QED) is 0.247. The van der Waals surface area contributed by atoms with Crippen LogP contribution < -0.4 is 11.5 Å². The van der Waals surface area contributed by atoms with Crippen LogP contribution in [0.15, 0.2) is 30.3 Å². The summed E-state index contributed by atoms with van der Waals surface area (Å²) in [6.07, 6.45) is 0.982. The highest BCUT2D eigenvalue weighted by Crippen LogP contribution is 2.40. The fourth-order valence-electron chi connectivity index (χ4n) is 3.57. The van der Waals surface area contributed by atoms with Gasteiger partial charge in [0.25, 0.3) is 0 Å². The Morgan fingerprint density at radius 3 is 2.29 bits per heavy atom. The monoisotopic (exact) mass is 382 g/mol. The second-order valence-electron chi connectivity index (χ2n) is 6.99. The van der Waals surface area contributed by atoms with Gasteiger partial charge in [-0.15, -0.1) is 0 Å². The van der Waals surface area contributed by atoms with Crippen LogP contribution in [0.3, 0.4) is 0 Å². The number of nitrogens with one attached hydrogen (secondary N) is 2. The lowest BCUT2D eigenvalue weighted by atomic mass is 9.99. The van der Waals surface area contributed by atoms with Crippen molar-refractivity contribution in [2.75, 3.05) is 6.54 Å². The molecule has 4 aromatic rings. The lowest BCUT2D eigenvalue weighted by molar-refractivity contribution is 0.400. The SMILES string of the molecule is NCCc1cc2c(O)c(O)c(C(N)Cc3cc4cc(O)c(O)cc4[nH]3)cc2[nH]1. The van der Waals surface area contributed by atoms with E-state index in [9.17, 15) is 20.4 Å². The van der Waals surface area contributed by atoms with Crippen LogP contribution in [0.5, 0.6) is 23.0 Å². The number of phenols is 4. The molecule has 0 bridgehead atoms. The molecular weight excluding hydrogens is 360 g/mol. The summed E-state index contributed by atoms with van der Waals surface area (Å²) in [5.41, 5.74) is 15.3. The van der Waals surface area contributed by atoms with Crippen LogP contribution in [-0.4, -0.2) is 36.9 Å². The predicted octanol–water partition coefficient (Wildman–Crippen LogP) is 2.22. The molecule has 0 saturated carbocycles. The van der Waals surface area contributed by atoms with Crippen LogP contribution in [0.25, 0.3) is 21.8 Å². The minimum absolute atomic E-state index is 0.199. The van der Waals surface area contributed by atoms with Gasteiger partial charge in [0.05, 0.1) is 0 Å². The summed E-state index contributed by atoms with van der Waals surface area (Å²) in [6.45, 7) is 0.470. The van der Waals surface area contributed by atoms with Crippen molar-refractivity contribution in [3.8, 4) is 23.0 Å². The summed E-state index contributed by atoms with van der Waals surface area (Å²) in [4.78, 5) is 6.33. The maximum atomic E-state index is 10.5. The van der Waals surface area contributed by atoms with Gasteiger partial charge in [-0.25, -0.2) is 0 Å². The molecule has 1 unspecified atom stereocenters. The van der Waals surface area contributed by atoms with Gasteiger partial charge < -0.3 is 41.9 Å². The smallest absolute Gasteiger partial charge is 0.167 e. The number of aromatic amines is 2. The minimum atomic E-state index is -0.591. The van der Waals surface area contributed by atoms with Crippen LogP contribution in [0, 0.1) is 0 Å². The standard InChI is InChI=1S/C20H22N4O4/c21-2-1-10-5-13-16(23-10)7-12(19(27)20(13)28)14(22)6-11-3-9-4-17(25)18(26)8-15(9)24-11/h3-5,7-8,14,23-28H,1-2,6,21-22H2. The Bertz CT molecular complexity index is 1140. The molecule has 28 heavy (non-hydrogen) atoms. The third-order valence-corrected chi connectivity index (χ3v) is 4.98. The van der Waals surface area contributed by atoms with Crippen LogP contribution >= 0.6 is 0 Å². The first-order valence-corrected chi connectivity index (χ1v) is 8.93. The molecule has 0 amide bonds. The second-order valence-corrected chi connectivity index (χ2v) is 6.99. The number of fused-ring (bicyclic) bond motifs is 2. The Balaban J connectivity index is 1.68. The number of rotatable bonds is 5. The van der Waals surface area contributed by atoms with E-state index >= 15 is 0 Å². The van der Waals surface area contributed by atoms with Gasteiger partial charge in [-0.05, 0) is 37.2 Å². The van der Waals surface area contributed by atoms with Gasteiger partial charge >= 0.3 is 0 Å². The van der Waals surface area contributed by atoms with E-state index in [2.05, 4.69) is 9.97 Å². The fourth-order valence-corrected chi connectivity index (χ4v) is 3.57. The third kappa shape index (κ3) is 2.98. The topological polar surface area (TPSA) is 165 Å². The maximum Gasteiger partial charge on any atom is 0.167 e. The van der Waals surface area contributed by atoms with Gasteiger partial charge in [0.2, 0.25) is 0 Å². The summed E-state index contributed by atoms with van der Waals surface area (Å²) in [5.74, 6) is -0.868. The number of hydrogen-bond donors (Lipinski definition) is 8. The first kappa shape index (κ1) is 18.0. The molecule has 0 aliphatic heterocycles. The normalized spacial score (nSPS) is 12.8. The number of phenolic OH excluding ortho intramolecular Hbond substituents is 4. The first-order valence-electron chi connectivity index (χ1n) is 8.93. The Hall–Kier alpha value is -3.36. The molecule has 0 radical (unpaired) electrons. The Kier molecular flexibility index (Phi) is 4.29. The van der Waals surface area contributed by atoms with Crippen LogP contribution in [0.4, 0.5) is 0 Å².